The van der Waals surface area contributed by atoms with E-state index in [0.717, 1.165) is 82.6 Å². The van der Waals surface area contributed by atoms with E-state index in [-0.39, 0.29) is 5.92 Å². The molecule has 1 heterocycles. The fourth-order valence-electron chi connectivity index (χ4n) is 7.98. The summed E-state index contributed by atoms with van der Waals surface area (Å²) < 4.78 is 127. The number of ether oxygens (including phenoxy) is 4. The number of benzene rings is 6. The van der Waals surface area contributed by atoms with E-state index in [2.05, 4.69) is 16.4 Å². The van der Waals surface area contributed by atoms with Gasteiger partial charge in [-0.2, -0.15) is 0 Å². The molecular formula is C44H34F8O4. The van der Waals surface area contributed by atoms with Crippen molar-refractivity contribution in [2.45, 2.75) is 45.3 Å². The molecule has 0 radical (unpaired) electrons. The van der Waals surface area contributed by atoms with Crippen molar-refractivity contribution in [1.82, 2.24) is 0 Å². The van der Waals surface area contributed by atoms with E-state index in [1.165, 1.54) is 12.1 Å². The minimum absolute atomic E-state index is 0.121. The van der Waals surface area contributed by atoms with Crippen LogP contribution < -0.4 is 18.9 Å². The van der Waals surface area contributed by atoms with E-state index < -0.39 is 35.9 Å². The second-order valence-electron chi connectivity index (χ2n) is 14.5. The summed E-state index contributed by atoms with van der Waals surface area (Å²) in [6, 6.07) is 24.9. The molecule has 290 valence electrons. The van der Waals surface area contributed by atoms with Crippen molar-refractivity contribution in [2.24, 2.45) is 17.8 Å². The van der Waals surface area contributed by atoms with Gasteiger partial charge in [0.1, 0.15) is 11.5 Å². The highest BCUT2D eigenvalue weighted by atomic mass is 19.4. The van der Waals surface area contributed by atoms with Crippen LogP contribution in [0.25, 0.3) is 54.9 Å². The molecule has 12 heteroatoms. The summed E-state index contributed by atoms with van der Waals surface area (Å²) in [5.74, 6) is -1.73. The first-order chi connectivity index (χ1) is 26.7. The first-order valence-corrected chi connectivity index (χ1v) is 18.2. The van der Waals surface area contributed by atoms with Crippen molar-refractivity contribution in [3.63, 3.8) is 0 Å². The maximum absolute atomic E-state index is 14.7. The third kappa shape index (κ3) is 7.79. The number of halogens is 8. The predicted octanol–water partition coefficient (Wildman–Crippen LogP) is 13.3. The molecule has 0 N–H and O–H groups in total. The molecule has 56 heavy (non-hydrogen) atoms. The number of rotatable bonds is 5. The average molecular weight is 779 g/mol. The first kappa shape index (κ1) is 37.4. The van der Waals surface area contributed by atoms with Gasteiger partial charge in [0.25, 0.3) is 0 Å². The van der Waals surface area contributed by atoms with Gasteiger partial charge in [-0.1, -0.05) is 68.3 Å². The Morgan fingerprint density at radius 3 is 1.32 bits per heavy atom. The van der Waals surface area contributed by atoms with Gasteiger partial charge in [-0.15, -0.1) is 26.3 Å². The lowest BCUT2D eigenvalue weighted by Crippen LogP contribution is -2.30. The van der Waals surface area contributed by atoms with Crippen molar-refractivity contribution >= 4 is 21.5 Å². The molecule has 1 saturated carbocycles. The van der Waals surface area contributed by atoms with Crippen LogP contribution in [-0.2, 0) is 0 Å². The van der Waals surface area contributed by atoms with Crippen molar-refractivity contribution in [2.75, 3.05) is 13.2 Å². The summed E-state index contributed by atoms with van der Waals surface area (Å²) in [6.07, 6.45) is -5.65. The van der Waals surface area contributed by atoms with Crippen molar-refractivity contribution in [1.29, 1.82) is 0 Å². The molecule has 1 aliphatic carbocycles. The second kappa shape index (κ2) is 14.5. The van der Waals surface area contributed by atoms with Crippen molar-refractivity contribution < 1.29 is 54.1 Å². The van der Waals surface area contributed by atoms with Gasteiger partial charge in [0.15, 0.2) is 23.1 Å². The van der Waals surface area contributed by atoms with Gasteiger partial charge in [0.2, 0.25) is 0 Å². The highest BCUT2D eigenvalue weighted by Crippen LogP contribution is 2.48. The van der Waals surface area contributed by atoms with Gasteiger partial charge in [-0.25, -0.2) is 8.78 Å². The molecule has 0 atom stereocenters. The Labute approximate surface area is 316 Å². The van der Waals surface area contributed by atoms with E-state index in [9.17, 15) is 35.1 Å². The van der Waals surface area contributed by atoms with Gasteiger partial charge >= 0.3 is 12.7 Å². The molecule has 0 unspecified atom stereocenters. The van der Waals surface area contributed by atoms with Crippen LogP contribution in [-0.4, -0.2) is 25.9 Å². The SMILES string of the molecule is CC1CCC(C2COc3ccc4cc(-c5ccc(OC(F)(F)F)c(F)c5)ccc4c3-c3c(ccc4cc(-c5ccc(OC(F)(F)F)c(F)c5)ccc34)OC2)CC1. The fraction of sp³-hybridized carbons (Fsp3) is 0.273. The van der Waals surface area contributed by atoms with Crippen LogP contribution in [0, 0.1) is 29.4 Å². The maximum Gasteiger partial charge on any atom is 0.573 e. The molecule has 8 rings (SSSR count). The molecule has 2 aliphatic rings. The Balaban J connectivity index is 1.24. The van der Waals surface area contributed by atoms with Gasteiger partial charge in [0.05, 0.1) is 13.2 Å². The van der Waals surface area contributed by atoms with Gasteiger partial charge in [0, 0.05) is 17.0 Å². The van der Waals surface area contributed by atoms with Crippen LogP contribution in [0.15, 0.2) is 97.1 Å². The highest BCUT2D eigenvalue weighted by Gasteiger charge is 2.34. The summed E-state index contributed by atoms with van der Waals surface area (Å²) in [7, 11) is 0. The van der Waals surface area contributed by atoms with E-state index in [0.29, 0.717) is 58.8 Å². The standard InChI is InChI=1S/C44H34F8O4/c1-24-2-4-25(5-3-24)32-22-53-39-16-10-30-18-26(28-8-14-37(35(45)20-28)55-43(47,48)49)6-12-33(30)41(39)42-34-13-7-27(19-31(34)11-17-40(42)54-23-32)29-9-15-38(36(46)21-29)56-44(50,51)52/h6-21,24-25,32H,2-5,22-23H2,1H3. The molecule has 1 fully saturated rings. The quantitative estimate of drug-likeness (QED) is 0.163. The zero-order chi connectivity index (χ0) is 39.4. The zero-order valence-electron chi connectivity index (χ0n) is 29.9. The minimum atomic E-state index is -5.04. The van der Waals surface area contributed by atoms with E-state index >= 15 is 0 Å². The monoisotopic (exact) mass is 778 g/mol. The molecule has 6 aromatic rings. The normalized spacial score (nSPS) is 17.9. The molecule has 0 amide bonds. The van der Waals surface area contributed by atoms with Gasteiger partial charge in [-0.05, 0) is 117 Å². The third-order valence-corrected chi connectivity index (χ3v) is 10.8. The molecular weight excluding hydrogens is 744 g/mol. The number of hydrogen-bond acceptors (Lipinski definition) is 4. The first-order valence-electron chi connectivity index (χ1n) is 18.2. The fourth-order valence-corrected chi connectivity index (χ4v) is 7.98. The van der Waals surface area contributed by atoms with Gasteiger partial charge in [-0.3, -0.25) is 0 Å². The van der Waals surface area contributed by atoms with Crippen LogP contribution in [0.4, 0.5) is 35.1 Å². The van der Waals surface area contributed by atoms with E-state index in [1.54, 1.807) is 12.1 Å². The number of fused-ring (bicyclic) bond motifs is 7. The van der Waals surface area contributed by atoms with Crippen LogP contribution in [0.2, 0.25) is 0 Å². The molecule has 6 aromatic carbocycles. The highest BCUT2D eigenvalue weighted by molar-refractivity contribution is 6.11. The minimum Gasteiger partial charge on any atom is -0.492 e. The number of alkyl halides is 6. The molecule has 0 saturated heterocycles. The summed E-state index contributed by atoms with van der Waals surface area (Å²) in [6.45, 7) is 3.13. The summed E-state index contributed by atoms with van der Waals surface area (Å²) >= 11 is 0. The van der Waals surface area contributed by atoms with Crippen LogP contribution in [0.3, 0.4) is 0 Å². The lowest BCUT2D eigenvalue weighted by molar-refractivity contribution is -0.276. The van der Waals surface area contributed by atoms with Crippen LogP contribution in [0.1, 0.15) is 32.6 Å². The molecule has 0 spiro atoms. The predicted molar refractivity (Wildman–Crippen MR) is 197 cm³/mol. The zero-order valence-corrected chi connectivity index (χ0v) is 29.9. The molecule has 1 aliphatic heterocycles. The van der Waals surface area contributed by atoms with Crippen molar-refractivity contribution in [3.8, 4) is 56.4 Å². The Morgan fingerprint density at radius 2 is 0.911 bits per heavy atom. The number of hydrogen-bond donors (Lipinski definition) is 0. The Bertz CT molecular complexity index is 2270. The van der Waals surface area contributed by atoms with Crippen LogP contribution >= 0.6 is 0 Å². The lowest BCUT2D eigenvalue weighted by atomic mass is 9.77. The Kier molecular flexibility index (Phi) is 9.70. The van der Waals surface area contributed by atoms with Crippen molar-refractivity contribution in [3.05, 3.63) is 109 Å². The molecule has 0 aromatic heterocycles. The second-order valence-corrected chi connectivity index (χ2v) is 14.5. The maximum atomic E-state index is 14.7. The topological polar surface area (TPSA) is 36.9 Å². The van der Waals surface area contributed by atoms with E-state index in [1.807, 2.05) is 48.5 Å². The summed E-state index contributed by atoms with van der Waals surface area (Å²) in [5.41, 5.74) is 3.28. The summed E-state index contributed by atoms with van der Waals surface area (Å²) in [4.78, 5) is 0. The smallest absolute Gasteiger partial charge is 0.492 e. The Morgan fingerprint density at radius 1 is 0.500 bits per heavy atom. The summed E-state index contributed by atoms with van der Waals surface area (Å²) in [5, 5.41) is 3.04. The third-order valence-electron chi connectivity index (χ3n) is 10.8. The van der Waals surface area contributed by atoms with Gasteiger partial charge < -0.3 is 18.9 Å². The lowest BCUT2D eigenvalue weighted by Gasteiger charge is -2.32. The molecule has 0 bridgehead atoms. The van der Waals surface area contributed by atoms with E-state index in [4.69, 9.17) is 9.47 Å². The molecule has 4 nitrogen and oxygen atoms in total. The van der Waals surface area contributed by atoms with Crippen LogP contribution in [0.5, 0.6) is 23.0 Å². The average Bonchev–Trinajstić information content (AvgIpc) is 3.23. The largest absolute Gasteiger partial charge is 0.573 e. The Hall–Kier alpha value is -5.52.